The molecule has 0 radical (unpaired) electrons. The highest BCUT2D eigenvalue weighted by Crippen LogP contribution is 2.44. The van der Waals surface area contributed by atoms with Crippen LogP contribution in [0.5, 0.6) is 0 Å². The molecule has 1 aromatic carbocycles. The zero-order valence-electron chi connectivity index (χ0n) is 13.2. The van der Waals surface area contributed by atoms with Crippen LogP contribution in [0.1, 0.15) is 39.7 Å². The predicted molar refractivity (Wildman–Crippen MR) is 94.3 cm³/mol. The SMILES string of the molecule is Cc1ccc(NC2CC(OCC(C)C)C2(C)C)cc1I. The molecule has 2 atom stereocenters. The summed E-state index contributed by atoms with van der Waals surface area (Å²) in [5.74, 6) is 0.608. The van der Waals surface area contributed by atoms with E-state index in [0.29, 0.717) is 18.1 Å². The quantitative estimate of drug-likeness (QED) is 0.730. The van der Waals surface area contributed by atoms with Crippen molar-refractivity contribution in [2.24, 2.45) is 11.3 Å². The summed E-state index contributed by atoms with van der Waals surface area (Å²) in [5, 5.41) is 3.67. The van der Waals surface area contributed by atoms with Gasteiger partial charge in [0.25, 0.3) is 0 Å². The molecule has 0 aliphatic heterocycles. The van der Waals surface area contributed by atoms with E-state index in [0.717, 1.165) is 13.0 Å². The van der Waals surface area contributed by atoms with Gasteiger partial charge in [-0.2, -0.15) is 0 Å². The Hall–Kier alpha value is -0.290. The minimum atomic E-state index is 0.200. The first-order valence-electron chi connectivity index (χ1n) is 7.45. The van der Waals surface area contributed by atoms with Crippen LogP contribution in [0.15, 0.2) is 18.2 Å². The minimum Gasteiger partial charge on any atom is -0.382 e. The number of hydrogen-bond donors (Lipinski definition) is 1. The van der Waals surface area contributed by atoms with E-state index in [1.165, 1.54) is 14.8 Å². The first-order chi connectivity index (χ1) is 9.30. The smallest absolute Gasteiger partial charge is 0.0665 e. The van der Waals surface area contributed by atoms with Gasteiger partial charge in [0.1, 0.15) is 0 Å². The van der Waals surface area contributed by atoms with Crippen molar-refractivity contribution in [2.75, 3.05) is 11.9 Å². The number of nitrogens with one attached hydrogen (secondary N) is 1. The Morgan fingerprint density at radius 2 is 2.10 bits per heavy atom. The van der Waals surface area contributed by atoms with Crippen LogP contribution in [0.4, 0.5) is 5.69 Å². The van der Waals surface area contributed by atoms with Crippen molar-refractivity contribution >= 4 is 28.3 Å². The molecule has 1 fully saturated rings. The van der Waals surface area contributed by atoms with E-state index in [1.54, 1.807) is 0 Å². The Morgan fingerprint density at radius 1 is 1.40 bits per heavy atom. The molecule has 3 heteroatoms. The minimum absolute atomic E-state index is 0.200. The molecule has 1 saturated carbocycles. The van der Waals surface area contributed by atoms with Crippen molar-refractivity contribution in [3.63, 3.8) is 0 Å². The van der Waals surface area contributed by atoms with Crippen LogP contribution in [-0.4, -0.2) is 18.8 Å². The van der Waals surface area contributed by atoms with Gasteiger partial charge in [-0.05, 0) is 59.5 Å². The Bertz CT molecular complexity index is 470. The van der Waals surface area contributed by atoms with E-state index >= 15 is 0 Å². The van der Waals surface area contributed by atoms with Gasteiger partial charge in [0, 0.05) is 27.3 Å². The maximum absolute atomic E-state index is 6.02. The molecule has 0 aromatic heterocycles. The van der Waals surface area contributed by atoms with E-state index < -0.39 is 0 Å². The maximum atomic E-state index is 6.02. The third-order valence-corrected chi connectivity index (χ3v) is 5.48. The van der Waals surface area contributed by atoms with Crippen molar-refractivity contribution in [2.45, 2.75) is 53.2 Å². The first-order valence-corrected chi connectivity index (χ1v) is 8.53. The Labute approximate surface area is 136 Å². The second-order valence-electron chi connectivity index (χ2n) is 6.93. The highest BCUT2D eigenvalue weighted by Gasteiger charge is 2.49. The van der Waals surface area contributed by atoms with Crippen molar-refractivity contribution in [1.29, 1.82) is 0 Å². The van der Waals surface area contributed by atoms with Crippen molar-refractivity contribution in [1.82, 2.24) is 0 Å². The van der Waals surface area contributed by atoms with Gasteiger partial charge in [0.05, 0.1) is 6.10 Å². The Kier molecular flexibility index (Phi) is 5.00. The van der Waals surface area contributed by atoms with Gasteiger partial charge in [0.2, 0.25) is 0 Å². The highest BCUT2D eigenvalue weighted by molar-refractivity contribution is 14.1. The molecule has 1 aromatic rings. The fourth-order valence-electron chi connectivity index (χ4n) is 2.61. The lowest BCUT2D eigenvalue weighted by molar-refractivity contribution is -0.108. The monoisotopic (exact) mass is 387 g/mol. The largest absolute Gasteiger partial charge is 0.382 e. The van der Waals surface area contributed by atoms with E-state index in [9.17, 15) is 0 Å². The molecule has 0 amide bonds. The standard InChI is InChI=1S/C17H26INO/c1-11(2)10-20-16-9-15(17(16,4)5)19-13-7-6-12(3)14(18)8-13/h6-8,11,15-16,19H,9-10H2,1-5H3. The fourth-order valence-corrected chi connectivity index (χ4v) is 3.12. The summed E-state index contributed by atoms with van der Waals surface area (Å²) in [6, 6.07) is 7.09. The molecule has 0 saturated heterocycles. The summed E-state index contributed by atoms with van der Waals surface area (Å²) in [5.41, 5.74) is 2.76. The van der Waals surface area contributed by atoms with Gasteiger partial charge < -0.3 is 10.1 Å². The van der Waals surface area contributed by atoms with Gasteiger partial charge in [-0.25, -0.2) is 0 Å². The molecule has 2 nitrogen and oxygen atoms in total. The molecule has 20 heavy (non-hydrogen) atoms. The molecule has 0 bridgehead atoms. The van der Waals surface area contributed by atoms with Crippen LogP contribution < -0.4 is 5.32 Å². The lowest BCUT2D eigenvalue weighted by Crippen LogP contribution is -2.58. The third kappa shape index (κ3) is 3.48. The van der Waals surface area contributed by atoms with Crippen LogP contribution in [-0.2, 0) is 4.74 Å². The van der Waals surface area contributed by atoms with Gasteiger partial charge in [0.15, 0.2) is 0 Å². The number of ether oxygens (including phenoxy) is 1. The maximum Gasteiger partial charge on any atom is 0.0665 e. The van der Waals surface area contributed by atoms with Gasteiger partial charge in [-0.15, -0.1) is 0 Å². The number of halogens is 1. The number of benzene rings is 1. The van der Waals surface area contributed by atoms with Crippen LogP contribution in [0.3, 0.4) is 0 Å². The second kappa shape index (κ2) is 6.22. The molecule has 1 N–H and O–H groups in total. The molecule has 1 aliphatic rings. The average molecular weight is 387 g/mol. The van der Waals surface area contributed by atoms with E-state index in [4.69, 9.17) is 4.74 Å². The number of hydrogen-bond acceptors (Lipinski definition) is 2. The van der Waals surface area contributed by atoms with Crippen molar-refractivity contribution in [3.8, 4) is 0 Å². The lowest BCUT2D eigenvalue weighted by Gasteiger charge is -2.52. The summed E-state index contributed by atoms with van der Waals surface area (Å²) < 4.78 is 7.34. The van der Waals surface area contributed by atoms with Crippen LogP contribution in [0.2, 0.25) is 0 Å². The zero-order chi connectivity index (χ0) is 14.9. The van der Waals surface area contributed by atoms with Crippen LogP contribution >= 0.6 is 22.6 Å². The Morgan fingerprint density at radius 3 is 2.65 bits per heavy atom. The number of aryl methyl sites for hydroxylation is 1. The van der Waals surface area contributed by atoms with Gasteiger partial charge >= 0.3 is 0 Å². The molecule has 112 valence electrons. The van der Waals surface area contributed by atoms with Crippen LogP contribution in [0, 0.1) is 21.8 Å². The Balaban J connectivity index is 1.93. The first kappa shape index (κ1) is 16.1. The highest BCUT2D eigenvalue weighted by atomic mass is 127. The van der Waals surface area contributed by atoms with Gasteiger partial charge in [-0.3, -0.25) is 0 Å². The van der Waals surface area contributed by atoms with Crippen molar-refractivity contribution in [3.05, 3.63) is 27.3 Å². The van der Waals surface area contributed by atoms with Crippen LogP contribution in [0.25, 0.3) is 0 Å². The summed E-state index contributed by atoms with van der Waals surface area (Å²) in [6.07, 6.45) is 1.48. The number of rotatable bonds is 5. The lowest BCUT2D eigenvalue weighted by atomic mass is 9.64. The fraction of sp³-hybridized carbons (Fsp3) is 0.647. The molecule has 2 rings (SSSR count). The van der Waals surface area contributed by atoms with E-state index in [1.807, 2.05) is 0 Å². The summed E-state index contributed by atoms with van der Waals surface area (Å²) >= 11 is 2.40. The average Bonchev–Trinajstić information content (AvgIpc) is 2.36. The molecule has 0 heterocycles. The normalized spacial score (nSPS) is 24.6. The van der Waals surface area contributed by atoms with Crippen molar-refractivity contribution < 1.29 is 4.74 Å². The molecular formula is C17H26INO. The van der Waals surface area contributed by atoms with Gasteiger partial charge in [-0.1, -0.05) is 33.8 Å². The molecular weight excluding hydrogens is 361 g/mol. The summed E-state index contributed by atoms with van der Waals surface area (Å²) in [6.45, 7) is 12.0. The summed E-state index contributed by atoms with van der Waals surface area (Å²) in [4.78, 5) is 0. The topological polar surface area (TPSA) is 21.3 Å². The van der Waals surface area contributed by atoms with E-state index in [2.05, 4.69) is 80.7 Å². The van der Waals surface area contributed by atoms with E-state index in [-0.39, 0.29) is 5.41 Å². The molecule has 0 spiro atoms. The number of anilines is 1. The third-order valence-electron chi connectivity index (χ3n) is 4.32. The molecule has 2 unspecified atom stereocenters. The molecule has 1 aliphatic carbocycles. The summed E-state index contributed by atoms with van der Waals surface area (Å²) in [7, 11) is 0. The predicted octanol–water partition coefficient (Wildman–Crippen LogP) is 4.85. The zero-order valence-corrected chi connectivity index (χ0v) is 15.3. The second-order valence-corrected chi connectivity index (χ2v) is 8.10.